The predicted octanol–water partition coefficient (Wildman–Crippen LogP) is 8.80. The molecule has 0 radical (unpaired) electrons. The highest BCUT2D eigenvalue weighted by molar-refractivity contribution is 6.39. The van der Waals surface area contributed by atoms with E-state index in [-0.39, 0.29) is 17.6 Å². The van der Waals surface area contributed by atoms with Gasteiger partial charge in [0.2, 0.25) is 11.8 Å². The van der Waals surface area contributed by atoms with E-state index in [9.17, 15) is 0 Å². The van der Waals surface area contributed by atoms with E-state index >= 15 is 14.4 Å². The van der Waals surface area contributed by atoms with Crippen LogP contribution in [0, 0.1) is 25.7 Å². The summed E-state index contributed by atoms with van der Waals surface area (Å²) in [6.07, 6.45) is 0. The summed E-state index contributed by atoms with van der Waals surface area (Å²) >= 11 is 12.9. The zero-order valence-electron chi connectivity index (χ0n) is 25.7. The Kier molecular flexibility index (Phi) is 6.70. The van der Waals surface area contributed by atoms with Gasteiger partial charge in [-0.25, -0.2) is 4.90 Å². The molecule has 2 aliphatic carbocycles. The molecule has 6 heteroatoms. The summed E-state index contributed by atoms with van der Waals surface area (Å²) in [5.41, 5.74) is 3.73. The molecule has 1 heterocycles. The Morgan fingerprint density at radius 3 is 1.38 bits per heavy atom. The van der Waals surface area contributed by atoms with Crippen molar-refractivity contribution in [3.8, 4) is 0 Å². The van der Waals surface area contributed by atoms with Gasteiger partial charge >= 0.3 is 0 Å². The summed E-state index contributed by atoms with van der Waals surface area (Å²) in [7, 11) is 0. The van der Waals surface area contributed by atoms with Crippen LogP contribution in [0.1, 0.15) is 33.4 Å². The van der Waals surface area contributed by atoms with E-state index in [4.69, 9.17) is 23.2 Å². The van der Waals surface area contributed by atoms with Gasteiger partial charge in [-0.1, -0.05) is 126 Å². The monoisotopic (exact) mass is 653 g/mol. The number of allylic oxidation sites excluding steroid dienone is 2. The number of halogens is 2. The van der Waals surface area contributed by atoms with Crippen LogP contribution in [0.3, 0.4) is 0 Å². The third-order valence-corrected chi connectivity index (χ3v) is 10.8. The summed E-state index contributed by atoms with van der Waals surface area (Å²) in [6.45, 7) is 3.88. The minimum absolute atomic E-state index is 0.190. The van der Waals surface area contributed by atoms with Crippen LogP contribution in [0.5, 0.6) is 0 Å². The van der Waals surface area contributed by atoms with Crippen LogP contribution < -0.4 is 4.90 Å². The number of Topliss-reactive ketones (excluding diaryl/α,β-unsaturated/α-hetero) is 1. The standard InChI is InChI=1S/C41H29Cl2NO3/c1-24-13-22-32(25(2)23-24)44-37(45)35-36(38(44)46)41(29-16-20-31(43)21-17-29)34(27-11-7-4-8-12-27)33(26-9-5-3-6-10-26)40(35,39(41)47)28-14-18-30(42)19-15-28/h3-23,35-36H,1-2H3. The van der Waals surface area contributed by atoms with Crippen LogP contribution in [0.2, 0.25) is 10.0 Å². The Morgan fingerprint density at radius 2 is 0.979 bits per heavy atom. The molecule has 1 saturated heterocycles. The van der Waals surface area contributed by atoms with Crippen LogP contribution in [0.15, 0.2) is 127 Å². The quantitative estimate of drug-likeness (QED) is 0.178. The highest BCUT2D eigenvalue weighted by Crippen LogP contribution is 2.74. The third-order valence-electron chi connectivity index (χ3n) is 10.3. The van der Waals surface area contributed by atoms with Gasteiger partial charge in [0.05, 0.1) is 28.4 Å². The van der Waals surface area contributed by atoms with E-state index < -0.39 is 22.7 Å². The fourth-order valence-corrected chi connectivity index (χ4v) is 8.90. The number of hydrogen-bond acceptors (Lipinski definition) is 3. The van der Waals surface area contributed by atoms with E-state index in [2.05, 4.69) is 0 Å². The van der Waals surface area contributed by atoms with Crippen molar-refractivity contribution in [1.82, 2.24) is 0 Å². The maximum Gasteiger partial charge on any atom is 0.239 e. The molecule has 8 rings (SSSR count). The van der Waals surface area contributed by atoms with Crippen LogP contribution >= 0.6 is 23.2 Å². The van der Waals surface area contributed by atoms with Crippen molar-refractivity contribution in [3.63, 3.8) is 0 Å². The molecule has 2 bridgehead atoms. The lowest BCUT2D eigenvalue weighted by atomic mass is 9.59. The predicted molar refractivity (Wildman–Crippen MR) is 186 cm³/mol. The molecule has 3 aliphatic rings. The van der Waals surface area contributed by atoms with Crippen LogP contribution in [0.4, 0.5) is 5.69 Å². The Hall–Kier alpha value is -4.77. The molecule has 2 amide bonds. The van der Waals surface area contributed by atoms with Gasteiger partial charge in [-0.05, 0) is 83.1 Å². The Morgan fingerprint density at radius 1 is 0.553 bits per heavy atom. The van der Waals surface area contributed by atoms with Crippen LogP contribution in [0.25, 0.3) is 11.1 Å². The highest BCUT2D eigenvalue weighted by atomic mass is 35.5. The van der Waals surface area contributed by atoms with E-state index in [1.54, 1.807) is 24.3 Å². The highest BCUT2D eigenvalue weighted by Gasteiger charge is 2.82. The summed E-state index contributed by atoms with van der Waals surface area (Å²) in [4.78, 5) is 47.6. The van der Waals surface area contributed by atoms with Crippen molar-refractivity contribution in [1.29, 1.82) is 0 Å². The number of anilines is 1. The minimum Gasteiger partial charge on any atom is -0.297 e. The van der Waals surface area contributed by atoms with Crippen LogP contribution in [-0.4, -0.2) is 17.6 Å². The fourth-order valence-electron chi connectivity index (χ4n) is 8.65. The zero-order chi connectivity index (χ0) is 32.7. The number of carbonyl (C=O) groups is 3. The average molecular weight is 655 g/mol. The van der Waals surface area contributed by atoms with Gasteiger partial charge in [0.1, 0.15) is 0 Å². The molecule has 0 N–H and O–H groups in total. The van der Waals surface area contributed by atoms with E-state index in [0.29, 0.717) is 26.9 Å². The van der Waals surface area contributed by atoms with Gasteiger partial charge in [0.15, 0.2) is 5.78 Å². The number of carbonyl (C=O) groups excluding carboxylic acids is 3. The lowest BCUT2D eigenvalue weighted by Crippen LogP contribution is -2.45. The average Bonchev–Trinajstić information content (AvgIpc) is 3.58. The topological polar surface area (TPSA) is 54.5 Å². The number of ketones is 1. The van der Waals surface area contributed by atoms with Gasteiger partial charge in [-0.3, -0.25) is 14.4 Å². The summed E-state index contributed by atoms with van der Waals surface area (Å²) < 4.78 is 0. The largest absolute Gasteiger partial charge is 0.297 e. The van der Waals surface area contributed by atoms with Crippen molar-refractivity contribution in [2.24, 2.45) is 11.8 Å². The van der Waals surface area contributed by atoms with Crippen molar-refractivity contribution < 1.29 is 14.4 Å². The molecule has 5 aromatic rings. The van der Waals surface area contributed by atoms with Crippen LogP contribution in [-0.2, 0) is 25.2 Å². The van der Waals surface area contributed by atoms with Gasteiger partial charge in [0, 0.05) is 10.0 Å². The number of amides is 2. The molecule has 47 heavy (non-hydrogen) atoms. The first-order chi connectivity index (χ1) is 22.7. The van der Waals surface area contributed by atoms with Gasteiger partial charge < -0.3 is 0 Å². The third kappa shape index (κ3) is 3.86. The first-order valence-electron chi connectivity index (χ1n) is 15.6. The molecule has 4 nitrogen and oxygen atoms in total. The molecule has 4 atom stereocenters. The normalized spacial score (nSPS) is 24.8. The Balaban J connectivity index is 1.56. The van der Waals surface area contributed by atoms with Crippen molar-refractivity contribution in [3.05, 3.63) is 171 Å². The molecule has 4 unspecified atom stereocenters. The van der Waals surface area contributed by atoms with E-state index in [1.807, 2.05) is 117 Å². The molecule has 0 spiro atoms. The minimum atomic E-state index is -1.50. The van der Waals surface area contributed by atoms with Gasteiger partial charge in [-0.15, -0.1) is 0 Å². The molecule has 230 valence electrons. The fraction of sp³-hybridized carbons (Fsp3) is 0.146. The van der Waals surface area contributed by atoms with E-state index in [1.165, 1.54) is 4.90 Å². The van der Waals surface area contributed by atoms with Crippen molar-refractivity contribution >= 4 is 57.6 Å². The number of hydrogen-bond donors (Lipinski definition) is 0. The number of nitrogens with zero attached hydrogens (tertiary/aromatic N) is 1. The number of rotatable bonds is 5. The lowest BCUT2D eigenvalue weighted by Gasteiger charge is -2.39. The first kappa shape index (κ1) is 29.6. The second-order valence-electron chi connectivity index (χ2n) is 12.7. The maximum absolute atomic E-state index is 16.0. The van der Waals surface area contributed by atoms with Gasteiger partial charge in [-0.2, -0.15) is 0 Å². The number of fused-ring (bicyclic) bond motifs is 5. The molecule has 1 aliphatic heterocycles. The summed E-state index contributed by atoms with van der Waals surface area (Å²) in [6, 6.07) is 39.6. The molecule has 5 aromatic carbocycles. The number of benzene rings is 5. The number of imide groups is 1. The molecule has 0 aromatic heterocycles. The number of aryl methyl sites for hydroxylation is 2. The summed E-state index contributed by atoms with van der Waals surface area (Å²) in [5, 5.41) is 1.02. The Bertz CT molecular complexity index is 2010. The molecule has 1 saturated carbocycles. The Labute approximate surface area is 283 Å². The summed E-state index contributed by atoms with van der Waals surface area (Å²) in [5.74, 6) is -2.98. The smallest absolute Gasteiger partial charge is 0.239 e. The second kappa shape index (κ2) is 10.6. The lowest BCUT2D eigenvalue weighted by molar-refractivity contribution is -0.130. The van der Waals surface area contributed by atoms with Crippen molar-refractivity contribution in [2.45, 2.75) is 24.7 Å². The van der Waals surface area contributed by atoms with Gasteiger partial charge in [0.25, 0.3) is 0 Å². The molecule has 2 fully saturated rings. The maximum atomic E-state index is 16.0. The SMILES string of the molecule is Cc1ccc(N2C(=O)C3C(C2=O)C2(c4ccc(Cl)cc4)C(=O)C3(c3ccc(Cl)cc3)C(c3ccccc3)=C2c2ccccc2)c(C)c1. The zero-order valence-corrected chi connectivity index (χ0v) is 27.2. The van der Waals surface area contributed by atoms with Crippen molar-refractivity contribution in [2.75, 3.05) is 4.90 Å². The second-order valence-corrected chi connectivity index (χ2v) is 13.6. The molecular weight excluding hydrogens is 625 g/mol. The first-order valence-corrected chi connectivity index (χ1v) is 16.4. The van der Waals surface area contributed by atoms with E-state index in [0.717, 1.165) is 33.4 Å². The molecular formula is C41H29Cl2NO3.